The Kier molecular flexibility index (Phi) is 2.94. The molecule has 0 aliphatic carbocycles. The van der Waals surface area contributed by atoms with Crippen LogP contribution in [-0.4, -0.2) is 25.0 Å². The van der Waals surface area contributed by atoms with Gasteiger partial charge >= 0.3 is 0 Å². The van der Waals surface area contributed by atoms with Crippen LogP contribution in [0.15, 0.2) is 0 Å². The van der Waals surface area contributed by atoms with E-state index in [0.717, 1.165) is 17.8 Å². The smallest absolute Gasteiger partial charge is 0.000927 e. The summed E-state index contributed by atoms with van der Waals surface area (Å²) in [6.07, 6.45) is 1.43. The molecular weight excluding hydrogens is 134 g/mol. The van der Waals surface area contributed by atoms with Gasteiger partial charge in [0.2, 0.25) is 0 Å². The van der Waals surface area contributed by atoms with Crippen LogP contribution in [0, 0.1) is 17.8 Å². The number of rotatable bonds is 1. The second-order valence-corrected chi connectivity index (χ2v) is 4.57. The van der Waals surface area contributed by atoms with E-state index >= 15 is 0 Å². The molecule has 1 rings (SSSR count). The molecule has 1 aliphatic heterocycles. The van der Waals surface area contributed by atoms with E-state index in [1.807, 2.05) is 0 Å². The highest BCUT2D eigenvalue weighted by molar-refractivity contribution is 4.76. The van der Waals surface area contributed by atoms with Gasteiger partial charge < -0.3 is 4.90 Å². The molecule has 1 heterocycles. The highest BCUT2D eigenvalue weighted by Gasteiger charge is 2.24. The maximum absolute atomic E-state index is 2.47. The van der Waals surface area contributed by atoms with E-state index in [4.69, 9.17) is 0 Å². The summed E-state index contributed by atoms with van der Waals surface area (Å²) < 4.78 is 0. The van der Waals surface area contributed by atoms with Crippen LogP contribution in [0.4, 0.5) is 0 Å². The van der Waals surface area contributed by atoms with Gasteiger partial charge in [-0.05, 0) is 31.2 Å². The minimum atomic E-state index is 0.861. The van der Waals surface area contributed by atoms with E-state index in [9.17, 15) is 0 Å². The molecule has 0 amide bonds. The predicted octanol–water partition coefficient (Wildman–Crippen LogP) is 2.23. The normalized spacial score (nSPS) is 34.6. The van der Waals surface area contributed by atoms with Crippen molar-refractivity contribution in [2.45, 2.75) is 27.2 Å². The van der Waals surface area contributed by atoms with Crippen molar-refractivity contribution in [3.05, 3.63) is 0 Å². The number of piperidine rings is 1. The third-order valence-electron chi connectivity index (χ3n) is 2.82. The molecule has 0 aromatic carbocycles. The first-order valence-electron chi connectivity index (χ1n) is 4.78. The fourth-order valence-corrected chi connectivity index (χ4v) is 2.16. The summed E-state index contributed by atoms with van der Waals surface area (Å²) in [6.45, 7) is 9.66. The van der Waals surface area contributed by atoms with Crippen molar-refractivity contribution in [2.75, 3.05) is 20.1 Å². The zero-order chi connectivity index (χ0) is 8.43. The first kappa shape index (κ1) is 9.05. The second kappa shape index (κ2) is 3.57. The highest BCUT2D eigenvalue weighted by Crippen LogP contribution is 2.25. The van der Waals surface area contributed by atoms with Gasteiger partial charge in [0.1, 0.15) is 0 Å². The molecule has 1 fully saturated rings. The van der Waals surface area contributed by atoms with E-state index in [1.165, 1.54) is 19.5 Å². The molecule has 1 saturated heterocycles. The molecule has 2 atom stereocenters. The van der Waals surface area contributed by atoms with Gasteiger partial charge in [0.15, 0.2) is 0 Å². The van der Waals surface area contributed by atoms with Gasteiger partial charge in [0.25, 0.3) is 0 Å². The lowest BCUT2D eigenvalue weighted by molar-refractivity contribution is 0.131. The van der Waals surface area contributed by atoms with E-state index in [1.54, 1.807) is 0 Å². The van der Waals surface area contributed by atoms with Gasteiger partial charge in [-0.2, -0.15) is 0 Å². The van der Waals surface area contributed by atoms with Crippen molar-refractivity contribution in [2.24, 2.45) is 17.8 Å². The zero-order valence-electron chi connectivity index (χ0n) is 8.30. The standard InChI is InChI=1S/C10H21N/c1-8(2)10-5-9(3)6-11(4)7-10/h8-10H,5-7H2,1-4H3. The van der Waals surface area contributed by atoms with Crippen molar-refractivity contribution in [3.63, 3.8) is 0 Å². The molecule has 0 aromatic heterocycles. The summed E-state index contributed by atoms with van der Waals surface area (Å²) in [5.41, 5.74) is 0. The molecule has 0 bridgehead atoms. The summed E-state index contributed by atoms with van der Waals surface area (Å²) in [7, 11) is 2.24. The first-order chi connectivity index (χ1) is 5.09. The number of hydrogen-bond donors (Lipinski definition) is 0. The summed E-state index contributed by atoms with van der Waals surface area (Å²) in [4.78, 5) is 2.47. The Morgan fingerprint density at radius 2 is 1.91 bits per heavy atom. The summed E-state index contributed by atoms with van der Waals surface area (Å²) in [5, 5.41) is 0. The summed E-state index contributed by atoms with van der Waals surface area (Å²) >= 11 is 0. The second-order valence-electron chi connectivity index (χ2n) is 4.57. The van der Waals surface area contributed by atoms with Gasteiger partial charge in [-0.15, -0.1) is 0 Å². The topological polar surface area (TPSA) is 3.24 Å². The third-order valence-corrected chi connectivity index (χ3v) is 2.82. The van der Waals surface area contributed by atoms with Crippen molar-refractivity contribution < 1.29 is 0 Å². The van der Waals surface area contributed by atoms with Crippen molar-refractivity contribution in [1.82, 2.24) is 4.90 Å². The maximum atomic E-state index is 2.47. The lowest BCUT2D eigenvalue weighted by Crippen LogP contribution is -2.38. The van der Waals surface area contributed by atoms with Gasteiger partial charge in [0, 0.05) is 13.1 Å². The highest BCUT2D eigenvalue weighted by atomic mass is 15.1. The van der Waals surface area contributed by atoms with Gasteiger partial charge in [-0.3, -0.25) is 0 Å². The molecule has 0 aromatic rings. The fraction of sp³-hybridized carbons (Fsp3) is 1.00. The molecule has 66 valence electrons. The van der Waals surface area contributed by atoms with Crippen LogP contribution >= 0.6 is 0 Å². The average Bonchev–Trinajstić information content (AvgIpc) is 1.85. The third kappa shape index (κ3) is 2.48. The number of likely N-dealkylation sites (tertiary alicyclic amines) is 1. The summed E-state index contributed by atoms with van der Waals surface area (Å²) in [5.74, 6) is 2.70. The van der Waals surface area contributed by atoms with Crippen LogP contribution in [-0.2, 0) is 0 Å². The molecule has 1 heteroatoms. The first-order valence-corrected chi connectivity index (χ1v) is 4.78. The van der Waals surface area contributed by atoms with Crippen molar-refractivity contribution >= 4 is 0 Å². The maximum Gasteiger partial charge on any atom is 0.000927 e. The Bertz CT molecular complexity index is 110. The Labute approximate surface area is 70.8 Å². The Balaban J connectivity index is 2.43. The largest absolute Gasteiger partial charge is 0.306 e. The Morgan fingerprint density at radius 3 is 2.36 bits per heavy atom. The van der Waals surface area contributed by atoms with Crippen molar-refractivity contribution in [1.29, 1.82) is 0 Å². The van der Waals surface area contributed by atoms with Crippen LogP contribution in [0.3, 0.4) is 0 Å². The van der Waals surface area contributed by atoms with Crippen LogP contribution in [0.2, 0.25) is 0 Å². The molecular formula is C10H21N. The number of hydrogen-bond acceptors (Lipinski definition) is 1. The predicted molar refractivity (Wildman–Crippen MR) is 49.6 cm³/mol. The lowest BCUT2D eigenvalue weighted by Gasteiger charge is -2.36. The molecule has 0 spiro atoms. The average molecular weight is 155 g/mol. The van der Waals surface area contributed by atoms with E-state index < -0.39 is 0 Å². The Hall–Kier alpha value is -0.0400. The monoisotopic (exact) mass is 155 g/mol. The van der Waals surface area contributed by atoms with Gasteiger partial charge in [0.05, 0.1) is 0 Å². The number of nitrogens with zero attached hydrogens (tertiary/aromatic N) is 1. The van der Waals surface area contributed by atoms with E-state index in [-0.39, 0.29) is 0 Å². The van der Waals surface area contributed by atoms with Crippen LogP contribution in [0.25, 0.3) is 0 Å². The van der Waals surface area contributed by atoms with Crippen LogP contribution < -0.4 is 0 Å². The van der Waals surface area contributed by atoms with Crippen LogP contribution in [0.1, 0.15) is 27.2 Å². The molecule has 0 saturated carbocycles. The molecule has 2 unspecified atom stereocenters. The van der Waals surface area contributed by atoms with E-state index in [0.29, 0.717) is 0 Å². The van der Waals surface area contributed by atoms with Crippen molar-refractivity contribution in [3.8, 4) is 0 Å². The lowest BCUT2D eigenvalue weighted by atomic mass is 9.83. The zero-order valence-corrected chi connectivity index (χ0v) is 8.30. The molecule has 11 heavy (non-hydrogen) atoms. The van der Waals surface area contributed by atoms with Crippen LogP contribution in [0.5, 0.6) is 0 Å². The quantitative estimate of drug-likeness (QED) is 0.561. The molecule has 1 nitrogen and oxygen atoms in total. The van der Waals surface area contributed by atoms with Gasteiger partial charge in [-0.25, -0.2) is 0 Å². The minimum Gasteiger partial charge on any atom is -0.306 e. The van der Waals surface area contributed by atoms with Gasteiger partial charge in [-0.1, -0.05) is 20.8 Å². The minimum absolute atomic E-state index is 0.861. The SMILES string of the molecule is CC1CC(C(C)C)CN(C)C1. The van der Waals surface area contributed by atoms with E-state index in [2.05, 4.69) is 32.7 Å². The summed E-state index contributed by atoms with van der Waals surface area (Å²) in [6, 6.07) is 0. The molecule has 1 aliphatic rings. The molecule has 0 radical (unpaired) electrons. The molecule has 0 N–H and O–H groups in total. The Morgan fingerprint density at radius 1 is 1.27 bits per heavy atom. The fourth-order valence-electron chi connectivity index (χ4n) is 2.16.